The molecule has 37 heavy (non-hydrogen) atoms. The second-order valence-electron chi connectivity index (χ2n) is 13.1. The predicted octanol–water partition coefficient (Wildman–Crippen LogP) is 5.57. The molecule has 1 unspecified atom stereocenters. The minimum Gasteiger partial charge on any atom is -0.342 e. The minimum absolute atomic E-state index is 0.275. The van der Waals surface area contributed by atoms with E-state index in [1.54, 1.807) is 0 Å². The van der Waals surface area contributed by atoms with Crippen molar-refractivity contribution in [1.82, 2.24) is 9.80 Å². The van der Waals surface area contributed by atoms with E-state index in [4.69, 9.17) is 11.6 Å². The van der Waals surface area contributed by atoms with E-state index >= 15 is 0 Å². The Kier molecular flexibility index (Phi) is 7.07. The Bertz CT molecular complexity index is 1040. The highest BCUT2D eigenvalue weighted by Gasteiger charge is 2.53. The van der Waals surface area contributed by atoms with Crippen LogP contribution < -0.4 is 4.90 Å². The molecular formula is C31H46ClN4O+. The molecule has 3 aliphatic heterocycles. The Morgan fingerprint density at radius 3 is 2.35 bits per heavy atom. The Balaban J connectivity index is 1.08. The number of likely N-dealkylation sites (tertiary alicyclic amines) is 1. The SMILES string of the molecule is Cc1ccc(N2C(=[N+]3CCC4(CC3)CC(C(=O)N3CCC(N(C)C)CC3)C4)CC2C2CCCC2)cc1Cl. The van der Waals surface area contributed by atoms with Gasteiger partial charge in [-0.2, -0.15) is 0 Å². The number of hydrogen-bond acceptors (Lipinski definition) is 2. The van der Waals surface area contributed by atoms with Gasteiger partial charge in [0.15, 0.2) is 0 Å². The summed E-state index contributed by atoms with van der Waals surface area (Å²) in [4.78, 5) is 20.3. The van der Waals surface area contributed by atoms with Crippen LogP contribution in [0.1, 0.15) is 76.2 Å². The number of hydrogen-bond donors (Lipinski definition) is 0. The summed E-state index contributed by atoms with van der Waals surface area (Å²) in [6.07, 6.45) is 13.7. The van der Waals surface area contributed by atoms with Crippen molar-refractivity contribution in [3.63, 3.8) is 0 Å². The fraction of sp³-hybridized carbons (Fsp3) is 0.742. The molecule has 1 atom stereocenters. The highest BCUT2D eigenvalue weighted by molar-refractivity contribution is 6.31. The number of halogens is 1. The molecule has 2 saturated carbocycles. The van der Waals surface area contributed by atoms with Crippen LogP contribution >= 0.6 is 11.6 Å². The second-order valence-corrected chi connectivity index (χ2v) is 13.6. The third kappa shape index (κ3) is 4.84. The number of amides is 1. The van der Waals surface area contributed by atoms with Crippen LogP contribution in [-0.4, -0.2) is 78.5 Å². The molecule has 1 aromatic carbocycles. The first-order valence-electron chi connectivity index (χ1n) is 14.9. The largest absolute Gasteiger partial charge is 0.342 e. The van der Waals surface area contributed by atoms with Crippen molar-refractivity contribution >= 4 is 29.0 Å². The molecule has 5 aliphatic rings. The van der Waals surface area contributed by atoms with Crippen molar-refractivity contribution < 1.29 is 9.37 Å². The molecule has 1 aromatic rings. The van der Waals surface area contributed by atoms with Gasteiger partial charge in [0.25, 0.3) is 5.84 Å². The number of carbonyl (C=O) groups is 1. The molecule has 5 nitrogen and oxygen atoms in total. The zero-order valence-electron chi connectivity index (χ0n) is 23.2. The lowest BCUT2D eigenvalue weighted by molar-refractivity contribution is -0.551. The van der Waals surface area contributed by atoms with Crippen LogP contribution in [0.2, 0.25) is 5.02 Å². The van der Waals surface area contributed by atoms with Crippen molar-refractivity contribution in [2.45, 2.75) is 89.6 Å². The van der Waals surface area contributed by atoms with Gasteiger partial charge >= 0.3 is 0 Å². The summed E-state index contributed by atoms with van der Waals surface area (Å²) in [5.41, 5.74) is 2.84. The van der Waals surface area contributed by atoms with Gasteiger partial charge in [-0.1, -0.05) is 30.5 Å². The van der Waals surface area contributed by atoms with Gasteiger partial charge in [0, 0.05) is 42.1 Å². The first kappa shape index (κ1) is 25.7. The highest BCUT2D eigenvalue weighted by Crippen LogP contribution is 2.53. The summed E-state index contributed by atoms with van der Waals surface area (Å²) in [6, 6.07) is 7.91. The maximum Gasteiger partial charge on any atom is 0.256 e. The molecule has 202 valence electrons. The van der Waals surface area contributed by atoms with Crippen LogP contribution in [0.3, 0.4) is 0 Å². The lowest BCUT2D eigenvalue weighted by Crippen LogP contribution is -2.61. The van der Waals surface area contributed by atoms with Crippen LogP contribution in [0.15, 0.2) is 18.2 Å². The maximum absolute atomic E-state index is 13.2. The number of rotatable bonds is 4. The Labute approximate surface area is 228 Å². The van der Waals surface area contributed by atoms with E-state index in [-0.39, 0.29) is 5.92 Å². The molecule has 3 heterocycles. The summed E-state index contributed by atoms with van der Waals surface area (Å²) >= 11 is 6.58. The standard InChI is InChI=1S/C31H46ClN4O/c1-22-8-9-26(18-27(22)32)36-28(23-6-4-5-7-23)19-29(36)34-16-12-31(13-17-34)20-24(21-31)30(37)35-14-10-25(11-15-35)33(2)3/h8-9,18,23-25,28H,4-7,10-17,19-21H2,1-3H3/q+1. The van der Waals surface area contributed by atoms with Crippen molar-refractivity contribution in [2.75, 3.05) is 45.2 Å². The van der Waals surface area contributed by atoms with Gasteiger partial charge in [0.1, 0.15) is 11.7 Å². The molecule has 0 aromatic heterocycles. The molecule has 0 N–H and O–H groups in total. The fourth-order valence-electron chi connectivity index (χ4n) is 8.20. The Morgan fingerprint density at radius 2 is 1.73 bits per heavy atom. The van der Waals surface area contributed by atoms with Gasteiger partial charge in [-0.25, -0.2) is 4.90 Å². The summed E-state index contributed by atoms with van der Waals surface area (Å²) < 4.78 is 2.67. The smallest absolute Gasteiger partial charge is 0.256 e. The van der Waals surface area contributed by atoms with Gasteiger partial charge in [-0.15, -0.1) is 0 Å². The molecule has 0 radical (unpaired) electrons. The summed E-state index contributed by atoms with van der Waals surface area (Å²) in [6.45, 7) is 6.25. The van der Waals surface area contributed by atoms with E-state index < -0.39 is 0 Å². The average molecular weight is 526 g/mol. The van der Waals surface area contributed by atoms with Crippen molar-refractivity contribution in [2.24, 2.45) is 17.3 Å². The third-order valence-corrected chi connectivity index (χ3v) is 11.2. The monoisotopic (exact) mass is 525 g/mol. The second kappa shape index (κ2) is 10.2. The number of aryl methyl sites for hydroxylation is 1. The lowest BCUT2D eigenvalue weighted by Gasteiger charge is -2.51. The van der Waals surface area contributed by atoms with Crippen LogP contribution in [0.25, 0.3) is 0 Å². The zero-order chi connectivity index (χ0) is 25.7. The van der Waals surface area contributed by atoms with Gasteiger partial charge in [-0.05, 0) is 89.4 Å². The van der Waals surface area contributed by atoms with Gasteiger partial charge in [0.05, 0.1) is 19.5 Å². The summed E-state index contributed by atoms with van der Waals surface area (Å²) in [5, 5.41) is 0.877. The lowest BCUT2D eigenvalue weighted by atomic mass is 9.57. The summed E-state index contributed by atoms with van der Waals surface area (Å²) in [7, 11) is 4.33. The van der Waals surface area contributed by atoms with E-state index in [0.29, 0.717) is 23.4 Å². The number of amidine groups is 1. The van der Waals surface area contributed by atoms with Gasteiger partial charge < -0.3 is 9.80 Å². The number of piperidine rings is 2. The van der Waals surface area contributed by atoms with Crippen molar-refractivity contribution in [1.29, 1.82) is 0 Å². The van der Waals surface area contributed by atoms with Crippen LogP contribution in [-0.2, 0) is 4.79 Å². The topological polar surface area (TPSA) is 29.8 Å². The quantitative estimate of drug-likeness (QED) is 0.481. The Morgan fingerprint density at radius 1 is 1.05 bits per heavy atom. The molecule has 5 fully saturated rings. The molecular weight excluding hydrogens is 480 g/mol. The summed E-state index contributed by atoms with van der Waals surface area (Å²) in [5.74, 6) is 3.06. The molecule has 3 saturated heterocycles. The molecule has 0 bridgehead atoms. The van der Waals surface area contributed by atoms with Crippen molar-refractivity contribution in [3.8, 4) is 0 Å². The number of benzene rings is 1. The normalized spacial score (nSPS) is 31.3. The first-order chi connectivity index (χ1) is 17.8. The number of anilines is 1. The molecule has 1 amide bonds. The average Bonchev–Trinajstić information content (AvgIpc) is 3.39. The van der Waals surface area contributed by atoms with Gasteiger partial charge in [0.2, 0.25) is 5.91 Å². The number of carbonyl (C=O) groups excluding carboxylic acids is 1. The predicted molar refractivity (Wildman–Crippen MR) is 152 cm³/mol. The van der Waals surface area contributed by atoms with E-state index in [2.05, 4.69) is 58.5 Å². The maximum atomic E-state index is 13.2. The Hall–Kier alpha value is -1.59. The van der Waals surface area contributed by atoms with Crippen LogP contribution in [0, 0.1) is 24.2 Å². The van der Waals surface area contributed by atoms with Crippen LogP contribution in [0.4, 0.5) is 5.69 Å². The van der Waals surface area contributed by atoms with Crippen molar-refractivity contribution in [3.05, 3.63) is 28.8 Å². The molecule has 2 aliphatic carbocycles. The molecule has 6 heteroatoms. The minimum atomic E-state index is 0.275. The molecule has 1 spiro atoms. The van der Waals surface area contributed by atoms with E-state index in [0.717, 1.165) is 68.4 Å². The first-order valence-corrected chi connectivity index (χ1v) is 15.3. The molecule has 6 rings (SSSR count). The van der Waals surface area contributed by atoms with Crippen LogP contribution in [0.5, 0.6) is 0 Å². The van der Waals surface area contributed by atoms with E-state index in [9.17, 15) is 4.79 Å². The van der Waals surface area contributed by atoms with E-state index in [1.165, 1.54) is 56.5 Å². The fourth-order valence-corrected chi connectivity index (χ4v) is 8.37. The zero-order valence-corrected chi connectivity index (χ0v) is 24.0. The number of nitrogens with zero attached hydrogens (tertiary/aromatic N) is 4. The highest BCUT2D eigenvalue weighted by atomic mass is 35.5. The van der Waals surface area contributed by atoms with Gasteiger partial charge in [-0.3, -0.25) is 9.37 Å². The third-order valence-electron chi connectivity index (χ3n) is 10.8. The van der Waals surface area contributed by atoms with E-state index in [1.807, 2.05) is 0 Å².